The molecule has 0 bridgehead atoms. The quantitative estimate of drug-likeness (QED) is 0.364. The third-order valence-electron chi connectivity index (χ3n) is 4.22. The van der Waals surface area contributed by atoms with Crippen LogP contribution in [0.15, 0.2) is 23.3 Å². The van der Waals surface area contributed by atoms with E-state index in [1.54, 1.807) is 5.57 Å². The van der Waals surface area contributed by atoms with E-state index in [9.17, 15) is 0 Å². The zero-order chi connectivity index (χ0) is 15.4. The number of rotatable bonds is 6. The number of alkyl halides is 1. The molecule has 0 aliphatic heterocycles. The van der Waals surface area contributed by atoms with Gasteiger partial charge in [-0.3, -0.25) is 0 Å². The number of halogens is 1. The Hall–Kier alpha value is -0.0400. The minimum Gasteiger partial charge on any atom is -0.0928 e. The molecule has 0 aromatic heterocycles. The molecule has 0 aromatic carbocycles. The highest BCUT2D eigenvalue weighted by molar-refractivity contribution is 9.09. The first kappa shape index (κ1) is 18.0. The Bertz CT molecular complexity index is 360. The third kappa shape index (κ3) is 5.39. The summed E-state index contributed by atoms with van der Waals surface area (Å²) in [6, 6.07) is 0. The standard InChI is InChI=1S/C19H33Br/c1-18(2,3)16-13-15(11-9-7-8-10-12-20)17(14-16)19(4,5)6/h13-15H,7-12H2,1-6H3/t15-/m0/s1. The van der Waals surface area contributed by atoms with Gasteiger partial charge in [-0.05, 0) is 35.2 Å². The lowest BCUT2D eigenvalue weighted by molar-refractivity contribution is 0.436. The van der Waals surface area contributed by atoms with Gasteiger partial charge in [0.2, 0.25) is 0 Å². The van der Waals surface area contributed by atoms with E-state index < -0.39 is 0 Å². The van der Waals surface area contributed by atoms with Gasteiger partial charge in [-0.2, -0.15) is 0 Å². The van der Waals surface area contributed by atoms with Crippen LogP contribution in [0.25, 0.3) is 0 Å². The van der Waals surface area contributed by atoms with E-state index >= 15 is 0 Å². The molecule has 1 atom stereocenters. The van der Waals surface area contributed by atoms with Crippen molar-refractivity contribution in [1.82, 2.24) is 0 Å². The molecule has 0 aromatic rings. The molecule has 116 valence electrons. The first-order chi connectivity index (χ1) is 9.16. The second-order valence-electron chi connectivity index (χ2n) is 8.22. The molecule has 1 aliphatic carbocycles. The van der Waals surface area contributed by atoms with Gasteiger partial charge in [0.15, 0.2) is 0 Å². The van der Waals surface area contributed by atoms with Crippen LogP contribution >= 0.6 is 15.9 Å². The van der Waals surface area contributed by atoms with Crippen LogP contribution < -0.4 is 0 Å². The van der Waals surface area contributed by atoms with E-state index in [4.69, 9.17) is 0 Å². The lowest BCUT2D eigenvalue weighted by atomic mass is 9.78. The van der Waals surface area contributed by atoms with Gasteiger partial charge in [0.1, 0.15) is 0 Å². The van der Waals surface area contributed by atoms with Crippen molar-refractivity contribution in [2.75, 3.05) is 5.33 Å². The number of allylic oxidation sites excluding steroid dienone is 4. The summed E-state index contributed by atoms with van der Waals surface area (Å²) in [7, 11) is 0. The van der Waals surface area contributed by atoms with E-state index in [2.05, 4.69) is 69.6 Å². The van der Waals surface area contributed by atoms with Crippen molar-refractivity contribution < 1.29 is 0 Å². The van der Waals surface area contributed by atoms with Crippen molar-refractivity contribution in [2.45, 2.75) is 73.6 Å². The van der Waals surface area contributed by atoms with Crippen molar-refractivity contribution in [2.24, 2.45) is 16.7 Å². The van der Waals surface area contributed by atoms with E-state index in [0.717, 1.165) is 5.33 Å². The molecule has 0 radical (unpaired) electrons. The molecule has 0 amide bonds. The van der Waals surface area contributed by atoms with Gasteiger partial charge in [-0.1, -0.05) is 94.5 Å². The van der Waals surface area contributed by atoms with Crippen molar-refractivity contribution in [3.63, 3.8) is 0 Å². The zero-order valence-corrected chi connectivity index (χ0v) is 15.9. The topological polar surface area (TPSA) is 0 Å². The van der Waals surface area contributed by atoms with Gasteiger partial charge < -0.3 is 0 Å². The van der Waals surface area contributed by atoms with Crippen molar-refractivity contribution in [1.29, 1.82) is 0 Å². The molecule has 0 nitrogen and oxygen atoms in total. The Labute approximate surface area is 135 Å². The van der Waals surface area contributed by atoms with E-state index in [0.29, 0.717) is 11.3 Å². The molecule has 0 saturated carbocycles. The van der Waals surface area contributed by atoms with E-state index in [1.165, 1.54) is 37.7 Å². The van der Waals surface area contributed by atoms with Crippen molar-refractivity contribution in [3.8, 4) is 0 Å². The molecule has 1 rings (SSSR count). The second kappa shape index (κ2) is 7.29. The van der Waals surface area contributed by atoms with Crippen LogP contribution in [0.2, 0.25) is 0 Å². The molecular formula is C19H33Br. The minimum atomic E-state index is 0.279. The number of unbranched alkanes of at least 4 members (excludes halogenated alkanes) is 3. The monoisotopic (exact) mass is 340 g/mol. The molecule has 0 heterocycles. The zero-order valence-electron chi connectivity index (χ0n) is 14.4. The summed E-state index contributed by atoms with van der Waals surface area (Å²) >= 11 is 3.51. The highest BCUT2D eigenvalue weighted by atomic mass is 79.9. The van der Waals surface area contributed by atoms with Crippen molar-refractivity contribution in [3.05, 3.63) is 23.3 Å². The SMILES string of the molecule is CC(C)(C)C1=C[C@H](CCCCCCBr)C(C(C)(C)C)=C1. The smallest absolute Gasteiger partial charge is 0.00313 e. The maximum absolute atomic E-state index is 3.51. The van der Waals surface area contributed by atoms with Crippen LogP contribution in [0.1, 0.15) is 73.6 Å². The summed E-state index contributed by atoms with van der Waals surface area (Å²) in [6.45, 7) is 14.1. The summed E-state index contributed by atoms with van der Waals surface area (Å²) in [5.41, 5.74) is 3.75. The summed E-state index contributed by atoms with van der Waals surface area (Å²) in [6.07, 6.45) is 11.8. The molecule has 0 fully saturated rings. The molecule has 0 spiro atoms. The van der Waals surface area contributed by atoms with Crippen molar-refractivity contribution >= 4 is 15.9 Å². The number of hydrogen-bond acceptors (Lipinski definition) is 0. The first-order valence-electron chi connectivity index (χ1n) is 8.16. The molecule has 0 saturated heterocycles. The van der Waals surface area contributed by atoms with Crippen LogP contribution in [-0.4, -0.2) is 5.33 Å². The largest absolute Gasteiger partial charge is 0.0928 e. The Kier molecular flexibility index (Phi) is 6.57. The molecule has 0 N–H and O–H groups in total. The third-order valence-corrected chi connectivity index (χ3v) is 4.78. The van der Waals surface area contributed by atoms with E-state index in [1.807, 2.05) is 0 Å². The molecule has 1 aliphatic rings. The highest BCUT2D eigenvalue weighted by Gasteiger charge is 2.31. The van der Waals surface area contributed by atoms with Crippen LogP contribution in [0.4, 0.5) is 0 Å². The summed E-state index contributed by atoms with van der Waals surface area (Å²) < 4.78 is 0. The van der Waals surface area contributed by atoms with Gasteiger partial charge in [0.05, 0.1) is 0 Å². The fraction of sp³-hybridized carbons (Fsp3) is 0.789. The van der Waals surface area contributed by atoms with Crippen LogP contribution in [-0.2, 0) is 0 Å². The average molecular weight is 341 g/mol. The molecule has 0 unspecified atom stereocenters. The average Bonchev–Trinajstić information content (AvgIpc) is 2.72. The summed E-state index contributed by atoms with van der Waals surface area (Å²) in [4.78, 5) is 0. The van der Waals surface area contributed by atoms with Gasteiger partial charge in [0, 0.05) is 5.33 Å². The maximum Gasteiger partial charge on any atom is 0.00313 e. The first-order valence-corrected chi connectivity index (χ1v) is 9.29. The van der Waals surface area contributed by atoms with Gasteiger partial charge in [0.25, 0.3) is 0 Å². The molecule has 20 heavy (non-hydrogen) atoms. The number of hydrogen-bond donors (Lipinski definition) is 0. The normalized spacial score (nSPS) is 20.1. The fourth-order valence-electron chi connectivity index (χ4n) is 2.92. The predicted molar refractivity (Wildman–Crippen MR) is 95.4 cm³/mol. The van der Waals surface area contributed by atoms with E-state index in [-0.39, 0.29) is 5.41 Å². The molecule has 1 heteroatoms. The van der Waals surface area contributed by atoms with Crippen LogP contribution in [0.5, 0.6) is 0 Å². The van der Waals surface area contributed by atoms with Gasteiger partial charge in [-0.25, -0.2) is 0 Å². The molecular weight excluding hydrogens is 308 g/mol. The highest BCUT2D eigenvalue weighted by Crippen LogP contribution is 2.44. The lowest BCUT2D eigenvalue weighted by Crippen LogP contribution is -2.15. The second-order valence-corrected chi connectivity index (χ2v) is 9.01. The Morgan fingerprint density at radius 1 is 0.900 bits per heavy atom. The van der Waals surface area contributed by atoms with Gasteiger partial charge >= 0.3 is 0 Å². The van der Waals surface area contributed by atoms with Crippen LogP contribution in [0, 0.1) is 16.7 Å². The minimum absolute atomic E-state index is 0.279. The van der Waals surface area contributed by atoms with Crippen LogP contribution in [0.3, 0.4) is 0 Å². The lowest BCUT2D eigenvalue weighted by Gasteiger charge is -2.26. The Morgan fingerprint density at radius 3 is 2.00 bits per heavy atom. The summed E-state index contributed by atoms with van der Waals surface area (Å²) in [5, 5.41) is 1.15. The van der Waals surface area contributed by atoms with Gasteiger partial charge in [-0.15, -0.1) is 0 Å². The Balaban J connectivity index is 2.67. The summed E-state index contributed by atoms with van der Waals surface area (Å²) in [5.74, 6) is 0.674. The predicted octanol–water partition coefficient (Wildman–Crippen LogP) is 6.91. The maximum atomic E-state index is 3.51. The fourth-order valence-corrected chi connectivity index (χ4v) is 3.32. The Morgan fingerprint density at radius 2 is 1.50 bits per heavy atom.